The Morgan fingerprint density at radius 1 is 1.15 bits per heavy atom. The molecule has 0 unspecified atom stereocenters. The first-order valence-electron chi connectivity index (χ1n) is 5.14. The van der Waals surface area contributed by atoms with Crippen molar-refractivity contribution in [2.24, 2.45) is 5.10 Å². The second kappa shape index (κ2) is 6.63. The van der Waals surface area contributed by atoms with Gasteiger partial charge in [-0.3, -0.25) is 5.01 Å². The van der Waals surface area contributed by atoms with E-state index in [4.69, 9.17) is 0 Å². The van der Waals surface area contributed by atoms with Crippen LogP contribution in [-0.4, -0.2) is 30.6 Å². The normalized spacial score (nSPS) is 18.0. The Morgan fingerprint density at radius 2 is 1.92 bits per heavy atom. The molecule has 0 aromatic rings. The number of hydrazone groups is 1. The van der Waals surface area contributed by atoms with Crippen LogP contribution in [0.1, 0.15) is 38.5 Å². The molecule has 0 radical (unpaired) electrons. The van der Waals surface area contributed by atoms with Gasteiger partial charge in [0.2, 0.25) is 0 Å². The van der Waals surface area contributed by atoms with Crippen molar-refractivity contribution in [2.45, 2.75) is 38.5 Å². The zero-order valence-electron chi connectivity index (χ0n) is 8.11. The summed E-state index contributed by atoms with van der Waals surface area (Å²) in [5, 5.41) is 6.48. The molecule has 0 atom stereocenters. The van der Waals surface area contributed by atoms with Crippen molar-refractivity contribution in [3.05, 3.63) is 0 Å². The summed E-state index contributed by atoms with van der Waals surface area (Å²) in [5.74, 6) is 0. The van der Waals surface area contributed by atoms with Gasteiger partial charge < -0.3 is 4.79 Å². The number of carbonyl (C=O) groups excluding carboxylic acids is 1. The lowest BCUT2D eigenvalue weighted by atomic mass is 10.2. The molecular formula is C10H18N2O. The zero-order chi connectivity index (χ0) is 9.36. The number of unbranched alkanes of at least 4 members (excludes halogenated alkanes) is 2. The number of hydrogen-bond acceptors (Lipinski definition) is 3. The van der Waals surface area contributed by atoms with Crippen molar-refractivity contribution >= 4 is 12.5 Å². The van der Waals surface area contributed by atoms with Gasteiger partial charge in [0.1, 0.15) is 6.29 Å². The minimum absolute atomic E-state index is 0.659. The molecule has 0 spiro atoms. The molecule has 1 saturated heterocycles. The molecule has 1 rings (SSSR count). The summed E-state index contributed by atoms with van der Waals surface area (Å²) in [6.45, 7) is 2.20. The SMILES string of the molecule is O=CCCC/C=N/N1CCCCC1. The second-order valence-electron chi connectivity index (χ2n) is 3.41. The first-order valence-corrected chi connectivity index (χ1v) is 5.14. The van der Waals surface area contributed by atoms with Crippen LogP contribution in [0.5, 0.6) is 0 Å². The molecule has 3 nitrogen and oxygen atoms in total. The number of aldehydes is 1. The molecule has 1 aliphatic heterocycles. The van der Waals surface area contributed by atoms with E-state index >= 15 is 0 Å². The van der Waals surface area contributed by atoms with E-state index in [1.807, 2.05) is 6.21 Å². The van der Waals surface area contributed by atoms with Gasteiger partial charge in [-0.25, -0.2) is 0 Å². The second-order valence-corrected chi connectivity index (χ2v) is 3.41. The zero-order valence-corrected chi connectivity index (χ0v) is 8.11. The van der Waals surface area contributed by atoms with E-state index < -0.39 is 0 Å². The summed E-state index contributed by atoms with van der Waals surface area (Å²) < 4.78 is 0. The summed E-state index contributed by atoms with van der Waals surface area (Å²) in [6, 6.07) is 0. The Kier molecular flexibility index (Phi) is 5.22. The number of rotatable bonds is 5. The maximum Gasteiger partial charge on any atom is 0.120 e. The summed E-state index contributed by atoms with van der Waals surface area (Å²) in [5.41, 5.74) is 0. The average Bonchev–Trinajstić information content (AvgIpc) is 2.19. The minimum Gasteiger partial charge on any atom is -0.303 e. The van der Waals surface area contributed by atoms with Gasteiger partial charge in [0, 0.05) is 25.7 Å². The van der Waals surface area contributed by atoms with Crippen LogP contribution in [0.3, 0.4) is 0 Å². The fourth-order valence-corrected chi connectivity index (χ4v) is 1.46. The van der Waals surface area contributed by atoms with Crippen molar-refractivity contribution < 1.29 is 4.79 Å². The van der Waals surface area contributed by atoms with E-state index in [9.17, 15) is 4.79 Å². The number of carbonyl (C=O) groups is 1. The van der Waals surface area contributed by atoms with Crippen LogP contribution in [0.4, 0.5) is 0 Å². The van der Waals surface area contributed by atoms with E-state index in [2.05, 4.69) is 10.1 Å². The maximum atomic E-state index is 10.0. The smallest absolute Gasteiger partial charge is 0.120 e. The minimum atomic E-state index is 0.659. The highest BCUT2D eigenvalue weighted by Gasteiger charge is 2.05. The number of nitrogens with zero attached hydrogens (tertiary/aromatic N) is 2. The predicted octanol–water partition coefficient (Wildman–Crippen LogP) is 1.83. The van der Waals surface area contributed by atoms with Gasteiger partial charge in [0.05, 0.1) is 0 Å². The molecule has 1 fully saturated rings. The van der Waals surface area contributed by atoms with Crippen molar-refractivity contribution in [3.63, 3.8) is 0 Å². The molecule has 0 aromatic carbocycles. The van der Waals surface area contributed by atoms with E-state index in [0.717, 1.165) is 32.2 Å². The molecule has 0 bridgehead atoms. The standard InChI is InChI=1S/C10H18N2O/c13-10-6-1-3-7-11-12-8-4-2-5-9-12/h7,10H,1-6,8-9H2/b11-7+. The Hall–Kier alpha value is -0.860. The third-order valence-corrected chi connectivity index (χ3v) is 2.23. The highest BCUT2D eigenvalue weighted by atomic mass is 16.1. The highest BCUT2D eigenvalue weighted by Crippen LogP contribution is 2.08. The van der Waals surface area contributed by atoms with Gasteiger partial charge in [0.15, 0.2) is 0 Å². The Labute approximate surface area is 79.8 Å². The molecule has 1 heterocycles. The van der Waals surface area contributed by atoms with Crippen LogP contribution < -0.4 is 0 Å². The van der Waals surface area contributed by atoms with Crippen LogP contribution in [-0.2, 0) is 4.79 Å². The van der Waals surface area contributed by atoms with Crippen LogP contribution in [0.2, 0.25) is 0 Å². The first kappa shape index (κ1) is 10.2. The third-order valence-electron chi connectivity index (χ3n) is 2.23. The van der Waals surface area contributed by atoms with Gasteiger partial charge in [-0.05, 0) is 32.1 Å². The van der Waals surface area contributed by atoms with Crippen LogP contribution in [0.25, 0.3) is 0 Å². The molecule has 1 aliphatic rings. The molecule has 13 heavy (non-hydrogen) atoms. The maximum absolute atomic E-state index is 10.0. The fourth-order valence-electron chi connectivity index (χ4n) is 1.46. The van der Waals surface area contributed by atoms with Crippen molar-refractivity contribution in [1.29, 1.82) is 0 Å². The summed E-state index contributed by atoms with van der Waals surface area (Å²) in [7, 11) is 0. The van der Waals surface area contributed by atoms with Crippen LogP contribution >= 0.6 is 0 Å². The molecule has 0 aromatic heterocycles. The first-order chi connectivity index (χ1) is 6.43. The third kappa shape index (κ3) is 4.65. The van der Waals surface area contributed by atoms with E-state index in [0.29, 0.717) is 6.42 Å². The van der Waals surface area contributed by atoms with Crippen molar-refractivity contribution in [3.8, 4) is 0 Å². The van der Waals surface area contributed by atoms with Crippen LogP contribution in [0, 0.1) is 0 Å². The van der Waals surface area contributed by atoms with Gasteiger partial charge in [-0.15, -0.1) is 0 Å². The summed E-state index contributed by atoms with van der Waals surface area (Å²) in [4.78, 5) is 10.0. The van der Waals surface area contributed by atoms with E-state index in [-0.39, 0.29) is 0 Å². The molecule has 0 saturated carbocycles. The number of hydrogen-bond donors (Lipinski definition) is 0. The summed E-state index contributed by atoms with van der Waals surface area (Å²) >= 11 is 0. The van der Waals surface area contributed by atoms with E-state index in [1.165, 1.54) is 19.3 Å². The van der Waals surface area contributed by atoms with E-state index in [1.54, 1.807) is 0 Å². The largest absolute Gasteiger partial charge is 0.303 e. The monoisotopic (exact) mass is 182 g/mol. The van der Waals surface area contributed by atoms with Crippen molar-refractivity contribution in [2.75, 3.05) is 13.1 Å². The summed E-state index contributed by atoms with van der Waals surface area (Å²) in [6.07, 6.45) is 9.31. The lowest BCUT2D eigenvalue weighted by Crippen LogP contribution is -2.24. The molecule has 0 aliphatic carbocycles. The lowest BCUT2D eigenvalue weighted by molar-refractivity contribution is -0.107. The molecular weight excluding hydrogens is 164 g/mol. The van der Waals surface area contributed by atoms with Gasteiger partial charge in [-0.1, -0.05) is 0 Å². The quantitative estimate of drug-likeness (QED) is 0.369. The Morgan fingerprint density at radius 3 is 2.62 bits per heavy atom. The van der Waals surface area contributed by atoms with Gasteiger partial charge in [-0.2, -0.15) is 5.10 Å². The molecule has 0 amide bonds. The Balaban J connectivity index is 2.04. The van der Waals surface area contributed by atoms with Gasteiger partial charge in [0.25, 0.3) is 0 Å². The molecule has 74 valence electrons. The van der Waals surface area contributed by atoms with Gasteiger partial charge >= 0.3 is 0 Å². The Bertz CT molecular complexity index is 162. The topological polar surface area (TPSA) is 32.7 Å². The fraction of sp³-hybridized carbons (Fsp3) is 0.800. The molecule has 3 heteroatoms. The highest BCUT2D eigenvalue weighted by molar-refractivity contribution is 5.58. The van der Waals surface area contributed by atoms with Crippen molar-refractivity contribution in [1.82, 2.24) is 5.01 Å². The number of piperidine rings is 1. The predicted molar refractivity (Wildman–Crippen MR) is 53.8 cm³/mol. The van der Waals surface area contributed by atoms with Crippen LogP contribution in [0.15, 0.2) is 5.10 Å². The average molecular weight is 182 g/mol. The lowest BCUT2D eigenvalue weighted by Gasteiger charge is -2.23. The molecule has 0 N–H and O–H groups in total.